The van der Waals surface area contributed by atoms with Crippen molar-refractivity contribution in [3.8, 4) is 11.5 Å². The zero-order chi connectivity index (χ0) is 44.0. The van der Waals surface area contributed by atoms with E-state index in [0.29, 0.717) is 35.5 Å². The maximum absolute atomic E-state index is 14.3. The van der Waals surface area contributed by atoms with E-state index in [1.807, 2.05) is 96.1 Å². The van der Waals surface area contributed by atoms with Crippen LogP contribution in [0.3, 0.4) is 0 Å². The third kappa shape index (κ3) is 10.6. The summed E-state index contributed by atoms with van der Waals surface area (Å²) in [4.78, 5) is 23.4. The molecule has 2 heterocycles. The lowest BCUT2D eigenvalue weighted by molar-refractivity contribution is -0.118. The van der Waals surface area contributed by atoms with E-state index in [1.165, 1.54) is 12.1 Å². The summed E-state index contributed by atoms with van der Waals surface area (Å²) in [6.07, 6.45) is 0.635. The molecule has 0 atom stereocenters. The first kappa shape index (κ1) is 43.3. The third-order valence-electron chi connectivity index (χ3n) is 9.91. The molecular formula is C46H42F2N4O8S2. The van der Waals surface area contributed by atoms with Crippen LogP contribution in [0.2, 0.25) is 0 Å². The molecule has 12 nitrogen and oxygen atoms in total. The van der Waals surface area contributed by atoms with Gasteiger partial charge in [0.2, 0.25) is 0 Å². The second-order valence-electron chi connectivity index (χ2n) is 14.8. The second-order valence-corrected chi connectivity index (χ2v) is 18.0. The molecule has 0 aliphatic carbocycles. The Morgan fingerprint density at radius 1 is 0.516 bits per heavy atom. The molecule has 2 fully saturated rings. The minimum Gasteiger partial charge on any atom is -0.487 e. The van der Waals surface area contributed by atoms with Crippen molar-refractivity contribution in [2.24, 2.45) is 0 Å². The molecular weight excluding hydrogens is 839 g/mol. The van der Waals surface area contributed by atoms with Crippen LogP contribution in [-0.4, -0.2) is 41.7 Å². The molecule has 0 aromatic heterocycles. The summed E-state index contributed by atoms with van der Waals surface area (Å²) in [5, 5.41) is 0. The normalized spacial score (nSPS) is 15.0. The minimum absolute atomic E-state index is 0.214. The Balaban J connectivity index is 0.000000186. The Hall–Kier alpha value is -6.78. The maximum Gasteiger partial charge on any atom is 0.326 e. The van der Waals surface area contributed by atoms with Crippen LogP contribution in [0.1, 0.15) is 44.5 Å². The van der Waals surface area contributed by atoms with Gasteiger partial charge in [0.1, 0.15) is 49.4 Å². The second kappa shape index (κ2) is 18.5. The van der Waals surface area contributed by atoms with E-state index in [1.54, 1.807) is 48.5 Å². The van der Waals surface area contributed by atoms with Crippen LogP contribution in [0.25, 0.3) is 0 Å². The molecule has 2 amide bonds. The van der Waals surface area contributed by atoms with Crippen molar-refractivity contribution in [3.63, 3.8) is 0 Å². The molecule has 8 rings (SSSR count). The summed E-state index contributed by atoms with van der Waals surface area (Å²) >= 11 is 0. The highest BCUT2D eigenvalue weighted by molar-refractivity contribution is 7.92. The molecule has 2 N–H and O–H groups in total. The lowest BCUT2D eigenvalue weighted by Crippen LogP contribution is -2.29. The SMILES string of the molecule is Cc1ccc(Cc2ccc(N3CC(=O)NS3(=O)=O)c(OCc3ccccc3)c2)c(F)c1.Cc1ccc(Cc2ccc(N3CC(=O)NS3(=O)=O)c(OCc3ccccc3)c2)c(F)c1. The topological polar surface area (TPSA) is 151 Å². The van der Waals surface area contributed by atoms with Gasteiger partial charge in [-0.3, -0.25) is 9.59 Å². The van der Waals surface area contributed by atoms with E-state index < -0.39 is 32.2 Å². The predicted octanol–water partition coefficient (Wildman–Crippen LogP) is 6.97. The van der Waals surface area contributed by atoms with Crippen molar-refractivity contribution < 1.29 is 44.7 Å². The molecule has 320 valence electrons. The Morgan fingerprint density at radius 2 is 0.903 bits per heavy atom. The molecule has 0 radical (unpaired) electrons. The molecule has 0 spiro atoms. The number of ether oxygens (including phenoxy) is 2. The summed E-state index contributed by atoms with van der Waals surface area (Å²) in [7, 11) is -7.97. The molecule has 6 aromatic rings. The van der Waals surface area contributed by atoms with Crippen molar-refractivity contribution in [1.82, 2.24) is 9.44 Å². The Morgan fingerprint density at radius 3 is 1.24 bits per heavy atom. The monoisotopic (exact) mass is 880 g/mol. The molecule has 0 unspecified atom stereocenters. The summed E-state index contributed by atoms with van der Waals surface area (Å²) in [5.41, 5.74) is 6.54. The van der Waals surface area contributed by atoms with Gasteiger partial charge in [0.15, 0.2) is 0 Å². The molecule has 2 aliphatic heterocycles. The van der Waals surface area contributed by atoms with Gasteiger partial charge in [0.25, 0.3) is 11.8 Å². The number of amides is 2. The van der Waals surface area contributed by atoms with Crippen molar-refractivity contribution in [3.05, 3.63) is 190 Å². The quantitative estimate of drug-likeness (QED) is 0.134. The number of halogens is 2. The Bertz CT molecular complexity index is 2650. The average Bonchev–Trinajstić information content (AvgIpc) is 3.68. The van der Waals surface area contributed by atoms with E-state index in [0.717, 1.165) is 42.0 Å². The first-order valence-corrected chi connectivity index (χ1v) is 22.3. The third-order valence-corrected chi connectivity index (χ3v) is 12.7. The Labute approximate surface area is 359 Å². The summed E-state index contributed by atoms with van der Waals surface area (Å²) in [6.45, 7) is 3.43. The number of nitrogens with zero attached hydrogens (tertiary/aromatic N) is 2. The maximum atomic E-state index is 14.3. The van der Waals surface area contributed by atoms with Crippen molar-refractivity contribution >= 4 is 43.6 Å². The highest BCUT2D eigenvalue weighted by Crippen LogP contribution is 2.36. The highest BCUT2D eigenvalue weighted by Gasteiger charge is 2.37. The van der Waals surface area contributed by atoms with E-state index in [9.17, 15) is 35.2 Å². The highest BCUT2D eigenvalue weighted by atomic mass is 32.2. The summed E-state index contributed by atoms with van der Waals surface area (Å²) in [6, 6.07) is 38.9. The van der Waals surface area contributed by atoms with Crippen molar-refractivity contribution in [2.75, 3.05) is 21.7 Å². The zero-order valence-electron chi connectivity index (χ0n) is 33.7. The summed E-state index contributed by atoms with van der Waals surface area (Å²) < 4.78 is 95.8. The fraction of sp³-hybridized carbons (Fsp3) is 0.174. The standard InChI is InChI=1S/2C23H21FN2O4S/c2*1-16-7-9-19(20(24)11-16)12-18-8-10-21(26-14-23(27)25-31(26,28)29)22(13-18)30-15-17-5-3-2-4-6-17/h2*2-11,13H,12,14-15H2,1H3,(H,25,27). The minimum atomic E-state index is -3.98. The number of nitrogens with one attached hydrogen (secondary N) is 2. The Kier molecular flexibility index (Phi) is 12.9. The summed E-state index contributed by atoms with van der Waals surface area (Å²) in [5.74, 6) is -1.22. The zero-order valence-corrected chi connectivity index (χ0v) is 35.3. The number of aryl methyl sites for hydroxylation is 2. The number of rotatable bonds is 12. The number of hydrogen-bond donors (Lipinski definition) is 2. The van der Waals surface area contributed by atoms with E-state index in [-0.39, 0.29) is 49.3 Å². The van der Waals surface area contributed by atoms with E-state index >= 15 is 0 Å². The van der Waals surface area contributed by atoms with Crippen molar-refractivity contribution in [2.45, 2.75) is 39.9 Å². The number of benzene rings is 6. The lowest BCUT2D eigenvalue weighted by Gasteiger charge is -2.20. The number of carbonyl (C=O) groups excluding carboxylic acids is 2. The van der Waals surface area contributed by atoms with Crippen LogP contribution >= 0.6 is 0 Å². The van der Waals surface area contributed by atoms with Gasteiger partial charge in [0.05, 0.1) is 11.4 Å². The van der Waals surface area contributed by atoms with Gasteiger partial charge in [0, 0.05) is 12.8 Å². The van der Waals surface area contributed by atoms with Crippen LogP contribution < -0.4 is 27.5 Å². The van der Waals surface area contributed by atoms with Gasteiger partial charge in [-0.2, -0.15) is 16.8 Å². The number of anilines is 2. The van der Waals surface area contributed by atoms with Gasteiger partial charge >= 0.3 is 20.4 Å². The molecule has 0 saturated carbocycles. The fourth-order valence-electron chi connectivity index (χ4n) is 6.80. The van der Waals surface area contributed by atoms with Crippen LogP contribution in [0, 0.1) is 25.5 Å². The van der Waals surface area contributed by atoms with Crippen LogP contribution in [-0.2, 0) is 56.1 Å². The van der Waals surface area contributed by atoms with Crippen LogP contribution in [0.15, 0.2) is 133 Å². The largest absolute Gasteiger partial charge is 0.487 e. The van der Waals surface area contributed by atoms with Crippen LogP contribution in [0.4, 0.5) is 20.2 Å². The number of carbonyl (C=O) groups is 2. The molecule has 2 saturated heterocycles. The average molecular weight is 881 g/mol. The molecule has 6 aromatic carbocycles. The van der Waals surface area contributed by atoms with E-state index in [2.05, 4.69) is 0 Å². The molecule has 0 bridgehead atoms. The van der Waals surface area contributed by atoms with Gasteiger partial charge < -0.3 is 9.47 Å². The lowest BCUT2D eigenvalue weighted by atomic mass is 10.0. The molecule has 16 heteroatoms. The first-order valence-electron chi connectivity index (χ1n) is 19.4. The smallest absolute Gasteiger partial charge is 0.326 e. The first-order chi connectivity index (χ1) is 29.6. The van der Waals surface area contributed by atoms with Gasteiger partial charge in [-0.15, -0.1) is 0 Å². The number of hydrogen-bond acceptors (Lipinski definition) is 8. The van der Waals surface area contributed by atoms with Gasteiger partial charge in [-0.1, -0.05) is 97.1 Å². The molecule has 2 aliphatic rings. The fourth-order valence-corrected chi connectivity index (χ4v) is 9.12. The van der Waals surface area contributed by atoms with Crippen molar-refractivity contribution in [1.29, 1.82) is 0 Å². The van der Waals surface area contributed by atoms with Gasteiger partial charge in [-0.05, 0) is 94.8 Å². The van der Waals surface area contributed by atoms with E-state index in [4.69, 9.17) is 9.47 Å². The van der Waals surface area contributed by atoms with Crippen LogP contribution in [0.5, 0.6) is 11.5 Å². The predicted molar refractivity (Wildman–Crippen MR) is 231 cm³/mol. The van der Waals surface area contributed by atoms with Gasteiger partial charge in [-0.25, -0.2) is 26.8 Å². The molecule has 62 heavy (non-hydrogen) atoms.